The van der Waals surface area contributed by atoms with Crippen molar-refractivity contribution in [3.63, 3.8) is 0 Å². The van der Waals surface area contributed by atoms with E-state index in [1.54, 1.807) is 38.2 Å². The molecule has 4 nitrogen and oxygen atoms in total. The van der Waals surface area contributed by atoms with E-state index in [0.29, 0.717) is 10.6 Å². The molecule has 1 heterocycles. The Bertz CT molecular complexity index is 737. The number of pyridine rings is 1. The van der Waals surface area contributed by atoms with E-state index in [1.807, 2.05) is 0 Å². The summed E-state index contributed by atoms with van der Waals surface area (Å²) in [6.07, 6.45) is 1.55. The fraction of sp³-hybridized carbons (Fsp3) is 0.250. The number of alkyl halides is 1. The van der Waals surface area contributed by atoms with Crippen LogP contribution in [-0.2, 0) is 4.79 Å². The number of carbonyl (C=O) groups is 1. The number of phenols is 1. The molecule has 0 saturated heterocycles. The lowest BCUT2D eigenvalue weighted by Crippen LogP contribution is -2.40. The standard InChI is InChI=1S/C16H14BrCl2NO3/c1-16(2,23-12-6-5-9(18)8-11(12)21)14(22)13(17)10-4-3-7-20-15(10)19/h3-8,13,21H,1-2H3. The first kappa shape index (κ1) is 18.0. The number of ether oxygens (including phenoxy) is 1. The highest BCUT2D eigenvalue weighted by Gasteiger charge is 2.36. The van der Waals surface area contributed by atoms with Gasteiger partial charge in [-0.3, -0.25) is 4.79 Å². The van der Waals surface area contributed by atoms with Crippen LogP contribution in [0.3, 0.4) is 0 Å². The van der Waals surface area contributed by atoms with Crippen LogP contribution in [0.4, 0.5) is 0 Å². The molecular weight excluding hydrogens is 405 g/mol. The SMILES string of the molecule is CC(C)(Oc1ccc(Cl)cc1O)C(=O)C(Br)c1cccnc1Cl. The highest BCUT2D eigenvalue weighted by Crippen LogP contribution is 2.36. The first-order valence-corrected chi connectivity index (χ1v) is 8.36. The van der Waals surface area contributed by atoms with Crippen molar-refractivity contribution in [1.82, 2.24) is 4.98 Å². The predicted molar refractivity (Wildman–Crippen MR) is 93.7 cm³/mol. The summed E-state index contributed by atoms with van der Waals surface area (Å²) in [4.78, 5) is 16.0. The van der Waals surface area contributed by atoms with Crippen LogP contribution in [-0.4, -0.2) is 21.5 Å². The molecule has 1 unspecified atom stereocenters. The number of halogens is 3. The number of hydrogen-bond donors (Lipinski definition) is 1. The molecule has 122 valence electrons. The smallest absolute Gasteiger partial charge is 0.193 e. The van der Waals surface area contributed by atoms with E-state index in [0.717, 1.165) is 0 Å². The van der Waals surface area contributed by atoms with Crippen LogP contribution < -0.4 is 4.74 Å². The lowest BCUT2D eigenvalue weighted by Gasteiger charge is -2.27. The number of ketones is 1. The van der Waals surface area contributed by atoms with Gasteiger partial charge in [0.25, 0.3) is 0 Å². The fourth-order valence-corrected chi connectivity index (χ4v) is 3.38. The minimum absolute atomic E-state index is 0.135. The third-order valence-corrected chi connectivity index (χ3v) is 4.63. The number of aromatic nitrogens is 1. The van der Waals surface area contributed by atoms with Crippen molar-refractivity contribution in [3.05, 3.63) is 52.3 Å². The van der Waals surface area contributed by atoms with Gasteiger partial charge < -0.3 is 9.84 Å². The Kier molecular flexibility index (Phi) is 5.55. The van der Waals surface area contributed by atoms with Crippen LogP contribution in [0.2, 0.25) is 10.2 Å². The number of benzene rings is 1. The Hall–Kier alpha value is -1.30. The minimum Gasteiger partial charge on any atom is -0.504 e. The monoisotopic (exact) mass is 417 g/mol. The topological polar surface area (TPSA) is 59.4 Å². The summed E-state index contributed by atoms with van der Waals surface area (Å²) in [6.45, 7) is 3.23. The van der Waals surface area contributed by atoms with Gasteiger partial charge in [-0.05, 0) is 32.0 Å². The van der Waals surface area contributed by atoms with Crippen LogP contribution in [0.5, 0.6) is 11.5 Å². The van der Waals surface area contributed by atoms with Crippen molar-refractivity contribution in [2.75, 3.05) is 0 Å². The largest absolute Gasteiger partial charge is 0.504 e. The number of aromatic hydroxyl groups is 1. The number of hydrogen-bond acceptors (Lipinski definition) is 4. The van der Waals surface area contributed by atoms with Gasteiger partial charge in [0.2, 0.25) is 0 Å². The van der Waals surface area contributed by atoms with Gasteiger partial charge in [-0.15, -0.1) is 0 Å². The van der Waals surface area contributed by atoms with Crippen LogP contribution in [0, 0.1) is 0 Å². The van der Waals surface area contributed by atoms with E-state index in [1.165, 1.54) is 12.1 Å². The number of rotatable bonds is 5. The molecule has 0 fully saturated rings. The maximum absolute atomic E-state index is 12.7. The van der Waals surface area contributed by atoms with Gasteiger partial charge in [-0.2, -0.15) is 0 Å². The van der Waals surface area contributed by atoms with Gasteiger partial charge in [0.05, 0.1) is 0 Å². The van der Waals surface area contributed by atoms with E-state index in [9.17, 15) is 9.90 Å². The highest BCUT2D eigenvalue weighted by molar-refractivity contribution is 9.09. The van der Waals surface area contributed by atoms with Crippen molar-refractivity contribution in [2.24, 2.45) is 0 Å². The molecule has 0 radical (unpaired) electrons. The maximum Gasteiger partial charge on any atom is 0.193 e. The maximum atomic E-state index is 12.7. The zero-order chi connectivity index (χ0) is 17.2. The van der Waals surface area contributed by atoms with E-state index < -0.39 is 10.4 Å². The first-order valence-electron chi connectivity index (χ1n) is 6.68. The average Bonchev–Trinajstić information content (AvgIpc) is 2.49. The predicted octanol–water partition coefficient (Wildman–Crippen LogP) is 4.96. The first-order chi connectivity index (χ1) is 10.7. The molecule has 0 saturated carbocycles. The van der Waals surface area contributed by atoms with E-state index in [4.69, 9.17) is 27.9 Å². The van der Waals surface area contributed by atoms with E-state index >= 15 is 0 Å². The summed E-state index contributed by atoms with van der Waals surface area (Å²) >= 11 is 15.2. The normalized spacial score (nSPS) is 12.7. The molecule has 2 aromatic rings. The summed E-state index contributed by atoms with van der Waals surface area (Å²) in [5.41, 5.74) is -0.658. The van der Waals surface area contributed by atoms with Crippen molar-refractivity contribution in [3.8, 4) is 11.5 Å². The Morgan fingerprint density at radius 1 is 1.35 bits per heavy atom. The summed E-state index contributed by atoms with van der Waals surface area (Å²) in [7, 11) is 0. The van der Waals surface area contributed by atoms with Crippen LogP contribution >= 0.6 is 39.1 Å². The molecule has 7 heteroatoms. The van der Waals surface area contributed by atoms with Crippen molar-refractivity contribution in [2.45, 2.75) is 24.3 Å². The molecule has 0 bridgehead atoms. The van der Waals surface area contributed by atoms with Gasteiger partial charge in [0.15, 0.2) is 22.9 Å². The van der Waals surface area contributed by atoms with Gasteiger partial charge in [0.1, 0.15) is 9.98 Å². The van der Waals surface area contributed by atoms with Crippen LogP contribution in [0.15, 0.2) is 36.5 Å². The molecule has 0 aliphatic rings. The zero-order valence-electron chi connectivity index (χ0n) is 12.4. The molecule has 1 aromatic carbocycles. The second-order valence-electron chi connectivity index (χ2n) is 5.33. The van der Waals surface area contributed by atoms with Crippen LogP contribution in [0.1, 0.15) is 24.2 Å². The summed E-state index contributed by atoms with van der Waals surface area (Å²) in [5, 5.41) is 10.5. The van der Waals surface area contributed by atoms with Gasteiger partial charge in [0, 0.05) is 22.8 Å². The highest BCUT2D eigenvalue weighted by atomic mass is 79.9. The molecule has 0 amide bonds. The molecule has 1 atom stereocenters. The fourth-order valence-electron chi connectivity index (χ4n) is 1.94. The second kappa shape index (κ2) is 7.07. The quantitative estimate of drug-likeness (QED) is 0.550. The van der Waals surface area contributed by atoms with E-state index in [-0.39, 0.29) is 22.4 Å². The summed E-state index contributed by atoms with van der Waals surface area (Å²) in [5.74, 6) is -0.226. The van der Waals surface area contributed by atoms with Gasteiger partial charge in [-0.1, -0.05) is 45.2 Å². The lowest BCUT2D eigenvalue weighted by molar-refractivity contribution is -0.131. The molecule has 0 spiro atoms. The molecule has 1 aromatic heterocycles. The zero-order valence-corrected chi connectivity index (χ0v) is 15.5. The molecule has 0 aliphatic heterocycles. The number of phenolic OH excluding ortho intramolecular Hbond substituents is 1. The Balaban J connectivity index is 2.24. The molecular formula is C16H14BrCl2NO3. The Labute approximate surface area is 152 Å². The van der Waals surface area contributed by atoms with Crippen LogP contribution in [0.25, 0.3) is 0 Å². The second-order valence-corrected chi connectivity index (χ2v) is 7.04. The third kappa shape index (κ3) is 4.16. The third-order valence-electron chi connectivity index (χ3n) is 3.17. The Morgan fingerprint density at radius 3 is 2.65 bits per heavy atom. The number of nitrogens with zero attached hydrogens (tertiary/aromatic N) is 1. The molecule has 23 heavy (non-hydrogen) atoms. The minimum atomic E-state index is -1.21. The Morgan fingerprint density at radius 2 is 2.04 bits per heavy atom. The molecule has 0 aliphatic carbocycles. The van der Waals surface area contributed by atoms with E-state index in [2.05, 4.69) is 20.9 Å². The van der Waals surface area contributed by atoms with Crippen molar-refractivity contribution in [1.29, 1.82) is 0 Å². The molecule has 2 rings (SSSR count). The lowest BCUT2D eigenvalue weighted by atomic mass is 9.97. The number of carbonyl (C=O) groups excluding carboxylic acids is 1. The van der Waals surface area contributed by atoms with Gasteiger partial charge >= 0.3 is 0 Å². The molecule has 1 N–H and O–H groups in total. The van der Waals surface area contributed by atoms with Gasteiger partial charge in [-0.25, -0.2) is 4.98 Å². The summed E-state index contributed by atoms with van der Waals surface area (Å²) in [6, 6.07) is 7.83. The number of Topliss-reactive ketones (excluding diaryl/α,β-unsaturated/α-hetero) is 1. The average molecular weight is 419 g/mol. The summed E-state index contributed by atoms with van der Waals surface area (Å²) < 4.78 is 5.68. The van der Waals surface area contributed by atoms with Crippen molar-refractivity contribution >= 4 is 44.9 Å². The van der Waals surface area contributed by atoms with Crippen molar-refractivity contribution < 1.29 is 14.6 Å².